The molecule has 2 heterocycles. The number of carbonyl (C=O) groups is 1. The van der Waals surface area contributed by atoms with Gasteiger partial charge in [0.05, 0.1) is 24.8 Å². The summed E-state index contributed by atoms with van der Waals surface area (Å²) in [6.07, 6.45) is 3.22. The Labute approximate surface area is 112 Å². The molecule has 1 saturated heterocycles. The molecule has 0 saturated carbocycles. The van der Waals surface area contributed by atoms with Gasteiger partial charge in [-0.2, -0.15) is 10.5 Å². The van der Waals surface area contributed by atoms with Gasteiger partial charge in [0, 0.05) is 6.54 Å². The van der Waals surface area contributed by atoms with Gasteiger partial charge >= 0.3 is 0 Å². The van der Waals surface area contributed by atoms with E-state index in [1.807, 2.05) is 19.1 Å². The molecule has 5 nitrogen and oxygen atoms in total. The molecular formula is C14H15N3O2. The summed E-state index contributed by atoms with van der Waals surface area (Å²) in [5.74, 6) is 0.350. The topological polar surface area (TPSA) is 81.0 Å². The van der Waals surface area contributed by atoms with E-state index in [0.29, 0.717) is 12.3 Å². The number of nitrogens with zero attached hydrogens (tertiary/aromatic N) is 3. The van der Waals surface area contributed by atoms with Crippen LogP contribution in [0.15, 0.2) is 22.8 Å². The number of unbranched alkanes of at least 4 members (excludes halogenated alkanes) is 1. The number of hydrogen-bond acceptors (Lipinski definition) is 4. The molecule has 0 radical (unpaired) electrons. The molecule has 5 heteroatoms. The lowest BCUT2D eigenvalue weighted by molar-refractivity contribution is -0.129. The van der Waals surface area contributed by atoms with Crippen LogP contribution in [0.25, 0.3) is 0 Å². The fourth-order valence-electron chi connectivity index (χ4n) is 2.50. The molecule has 1 fully saturated rings. The number of likely N-dealkylation sites (tertiary alicyclic amines) is 1. The van der Waals surface area contributed by atoms with Crippen molar-refractivity contribution >= 4 is 5.91 Å². The van der Waals surface area contributed by atoms with E-state index in [1.54, 1.807) is 17.0 Å². The minimum Gasteiger partial charge on any atom is -0.467 e. The van der Waals surface area contributed by atoms with E-state index >= 15 is 0 Å². The third-order valence-corrected chi connectivity index (χ3v) is 3.49. The Morgan fingerprint density at radius 1 is 1.53 bits per heavy atom. The Hall–Kier alpha value is -2.27. The zero-order valence-corrected chi connectivity index (χ0v) is 10.8. The number of carbonyl (C=O) groups excluding carboxylic acids is 1. The predicted octanol–water partition coefficient (Wildman–Crippen LogP) is 2.39. The third kappa shape index (κ3) is 2.08. The lowest BCUT2D eigenvalue weighted by Crippen LogP contribution is -2.32. The predicted molar refractivity (Wildman–Crippen MR) is 66.3 cm³/mol. The quantitative estimate of drug-likeness (QED) is 0.829. The summed E-state index contributed by atoms with van der Waals surface area (Å²) in [6.45, 7) is 2.58. The van der Waals surface area contributed by atoms with E-state index in [0.717, 1.165) is 12.8 Å². The molecule has 0 unspecified atom stereocenters. The van der Waals surface area contributed by atoms with Crippen LogP contribution in [-0.4, -0.2) is 17.4 Å². The standard InChI is InChI=1S/C14H15N3O2/c1-2-3-6-17-12(18)8-14(9-15,10-16)13(17)11-5-4-7-19-11/h4-5,7,13H,2-3,6,8H2,1H3/t13-/m0/s1. The molecule has 19 heavy (non-hydrogen) atoms. The SMILES string of the molecule is CCCCN1C(=O)CC(C#N)(C#N)[C@@H]1c1ccco1. The van der Waals surface area contributed by atoms with Crippen LogP contribution >= 0.6 is 0 Å². The van der Waals surface area contributed by atoms with Gasteiger partial charge in [-0.1, -0.05) is 13.3 Å². The second-order valence-electron chi connectivity index (χ2n) is 4.73. The smallest absolute Gasteiger partial charge is 0.226 e. The average Bonchev–Trinajstić information content (AvgIpc) is 3.02. The lowest BCUT2D eigenvalue weighted by atomic mass is 9.82. The first-order valence-electron chi connectivity index (χ1n) is 6.34. The number of furan rings is 1. The highest BCUT2D eigenvalue weighted by molar-refractivity contribution is 5.82. The van der Waals surface area contributed by atoms with Crippen LogP contribution in [0.5, 0.6) is 0 Å². The lowest BCUT2D eigenvalue weighted by Gasteiger charge is -2.27. The van der Waals surface area contributed by atoms with Crippen molar-refractivity contribution in [2.24, 2.45) is 5.41 Å². The molecule has 98 valence electrons. The van der Waals surface area contributed by atoms with Gasteiger partial charge in [-0.25, -0.2) is 0 Å². The number of hydrogen-bond donors (Lipinski definition) is 0. The van der Waals surface area contributed by atoms with Crippen LogP contribution in [0.1, 0.15) is 38.0 Å². The summed E-state index contributed by atoms with van der Waals surface area (Å²) in [5, 5.41) is 18.7. The van der Waals surface area contributed by atoms with Crippen LogP contribution in [0.4, 0.5) is 0 Å². The molecule has 1 aromatic rings. The van der Waals surface area contributed by atoms with Gasteiger partial charge < -0.3 is 9.32 Å². The van der Waals surface area contributed by atoms with Gasteiger partial charge in [0.1, 0.15) is 11.8 Å². The summed E-state index contributed by atoms with van der Waals surface area (Å²) < 4.78 is 5.34. The number of nitriles is 2. The summed E-state index contributed by atoms with van der Waals surface area (Å²) in [5.41, 5.74) is -1.34. The van der Waals surface area contributed by atoms with Gasteiger partial charge in [-0.3, -0.25) is 4.79 Å². The first-order chi connectivity index (χ1) is 9.18. The fourth-order valence-corrected chi connectivity index (χ4v) is 2.50. The van der Waals surface area contributed by atoms with Gasteiger partial charge in [0.25, 0.3) is 0 Å². The highest BCUT2D eigenvalue weighted by Gasteiger charge is 2.54. The molecule has 1 atom stereocenters. The van der Waals surface area contributed by atoms with Crippen LogP contribution < -0.4 is 0 Å². The highest BCUT2D eigenvalue weighted by atomic mass is 16.3. The summed E-state index contributed by atoms with van der Waals surface area (Å²) in [4.78, 5) is 13.7. The molecule has 1 aliphatic heterocycles. The van der Waals surface area contributed by atoms with Crippen molar-refractivity contribution in [1.29, 1.82) is 10.5 Å². The Balaban J connectivity index is 2.42. The van der Waals surface area contributed by atoms with E-state index in [4.69, 9.17) is 4.42 Å². The van der Waals surface area contributed by atoms with Gasteiger partial charge in [-0.05, 0) is 18.6 Å². The minimum absolute atomic E-state index is 0.0604. The number of amides is 1. The molecule has 1 amide bonds. The van der Waals surface area contributed by atoms with Crippen LogP contribution in [0.3, 0.4) is 0 Å². The highest BCUT2D eigenvalue weighted by Crippen LogP contribution is 2.47. The second-order valence-corrected chi connectivity index (χ2v) is 4.73. The molecule has 1 aromatic heterocycles. The van der Waals surface area contributed by atoms with Gasteiger partial charge in [-0.15, -0.1) is 0 Å². The van der Waals surface area contributed by atoms with Crippen molar-refractivity contribution in [3.63, 3.8) is 0 Å². The summed E-state index contributed by atoms with van der Waals surface area (Å²) in [6, 6.07) is 6.85. The second kappa shape index (κ2) is 5.16. The van der Waals surface area contributed by atoms with E-state index < -0.39 is 11.5 Å². The molecule has 0 bridgehead atoms. The van der Waals surface area contributed by atoms with Crippen molar-refractivity contribution in [1.82, 2.24) is 4.90 Å². The Bertz CT molecular complexity index is 522. The molecule has 0 aliphatic carbocycles. The maximum absolute atomic E-state index is 12.1. The first-order valence-corrected chi connectivity index (χ1v) is 6.34. The monoisotopic (exact) mass is 257 g/mol. The maximum Gasteiger partial charge on any atom is 0.226 e. The summed E-state index contributed by atoms with van der Waals surface area (Å²) in [7, 11) is 0. The molecule has 1 aliphatic rings. The largest absolute Gasteiger partial charge is 0.467 e. The van der Waals surface area contributed by atoms with E-state index in [2.05, 4.69) is 0 Å². The average molecular weight is 257 g/mol. The molecule has 2 rings (SSSR count). The third-order valence-electron chi connectivity index (χ3n) is 3.49. The van der Waals surface area contributed by atoms with Crippen molar-refractivity contribution in [3.05, 3.63) is 24.2 Å². The normalized spacial score (nSPS) is 21.1. The van der Waals surface area contributed by atoms with Crippen molar-refractivity contribution in [2.45, 2.75) is 32.2 Å². The maximum atomic E-state index is 12.1. The molecular weight excluding hydrogens is 242 g/mol. The minimum atomic E-state index is -1.34. The van der Waals surface area contributed by atoms with Gasteiger partial charge in [0.2, 0.25) is 5.91 Å². The van der Waals surface area contributed by atoms with Crippen molar-refractivity contribution in [2.75, 3.05) is 6.54 Å². The van der Waals surface area contributed by atoms with E-state index in [1.165, 1.54) is 6.26 Å². The van der Waals surface area contributed by atoms with Crippen molar-refractivity contribution < 1.29 is 9.21 Å². The molecule has 0 aromatic carbocycles. The van der Waals surface area contributed by atoms with Crippen molar-refractivity contribution in [3.8, 4) is 12.1 Å². The van der Waals surface area contributed by atoms with Crippen LogP contribution in [-0.2, 0) is 4.79 Å². The van der Waals surface area contributed by atoms with E-state index in [-0.39, 0.29) is 12.3 Å². The zero-order chi connectivity index (χ0) is 13.9. The Kier molecular flexibility index (Phi) is 3.57. The first kappa shape index (κ1) is 13.2. The Morgan fingerprint density at radius 2 is 2.26 bits per heavy atom. The fraction of sp³-hybridized carbons (Fsp3) is 0.500. The molecule has 0 N–H and O–H groups in total. The van der Waals surface area contributed by atoms with Crippen LogP contribution in [0.2, 0.25) is 0 Å². The zero-order valence-electron chi connectivity index (χ0n) is 10.8. The number of rotatable bonds is 4. The summed E-state index contributed by atoms with van der Waals surface area (Å²) >= 11 is 0. The molecule has 0 spiro atoms. The van der Waals surface area contributed by atoms with Gasteiger partial charge in [0.15, 0.2) is 5.41 Å². The van der Waals surface area contributed by atoms with E-state index in [9.17, 15) is 15.3 Å². The Morgan fingerprint density at radius 3 is 2.79 bits per heavy atom. The van der Waals surface area contributed by atoms with Crippen LogP contribution in [0, 0.1) is 28.1 Å².